The Morgan fingerprint density at radius 2 is 1.85 bits per heavy atom. The zero-order valence-electron chi connectivity index (χ0n) is 11.4. The first-order valence-electron chi connectivity index (χ1n) is 6.38. The highest BCUT2D eigenvalue weighted by Crippen LogP contribution is 2.24. The van der Waals surface area contributed by atoms with Gasteiger partial charge < -0.3 is 5.32 Å². The lowest BCUT2D eigenvalue weighted by Crippen LogP contribution is -2.20. The predicted molar refractivity (Wildman–Crippen MR) is 78.1 cm³/mol. The molecule has 0 radical (unpaired) electrons. The summed E-state index contributed by atoms with van der Waals surface area (Å²) in [4.78, 5) is 0. The van der Waals surface area contributed by atoms with Crippen molar-refractivity contribution in [2.24, 2.45) is 0 Å². The second kappa shape index (κ2) is 6.33. The molecule has 2 aromatic rings. The van der Waals surface area contributed by atoms with E-state index in [4.69, 9.17) is 11.6 Å². The van der Waals surface area contributed by atoms with Gasteiger partial charge in [0.2, 0.25) is 0 Å². The lowest BCUT2D eigenvalue weighted by atomic mass is 9.97. The van der Waals surface area contributed by atoms with Crippen molar-refractivity contribution in [2.45, 2.75) is 19.4 Å². The Kier molecular flexibility index (Phi) is 4.73. The average Bonchev–Trinajstić information content (AvgIpc) is 2.41. The average molecular weight is 296 g/mol. The number of nitrogens with one attached hydrogen (secondary N) is 1. The summed E-state index contributed by atoms with van der Waals surface area (Å²) < 4.78 is 27.4. The van der Waals surface area contributed by atoms with Gasteiger partial charge in [-0.1, -0.05) is 29.8 Å². The molecule has 4 heteroatoms. The van der Waals surface area contributed by atoms with Crippen LogP contribution in [0, 0.1) is 18.6 Å². The molecule has 0 bridgehead atoms. The van der Waals surface area contributed by atoms with Crippen LogP contribution in [0.15, 0.2) is 36.4 Å². The van der Waals surface area contributed by atoms with Gasteiger partial charge in [-0.2, -0.15) is 0 Å². The summed E-state index contributed by atoms with van der Waals surface area (Å²) in [6, 6.07) is 9.58. The summed E-state index contributed by atoms with van der Waals surface area (Å²) in [6.07, 6.45) is 0.491. The van der Waals surface area contributed by atoms with E-state index in [0.717, 1.165) is 11.1 Å². The van der Waals surface area contributed by atoms with E-state index < -0.39 is 5.82 Å². The van der Waals surface area contributed by atoms with Crippen LogP contribution in [0.5, 0.6) is 0 Å². The summed E-state index contributed by atoms with van der Waals surface area (Å²) in [5, 5.41) is 3.16. The van der Waals surface area contributed by atoms with Gasteiger partial charge in [-0.25, -0.2) is 8.78 Å². The Bertz CT molecular complexity index is 613. The van der Waals surface area contributed by atoms with Crippen molar-refractivity contribution < 1.29 is 8.78 Å². The fourth-order valence-corrected chi connectivity index (χ4v) is 2.30. The van der Waals surface area contributed by atoms with Gasteiger partial charge in [0, 0.05) is 11.6 Å². The quantitative estimate of drug-likeness (QED) is 0.880. The van der Waals surface area contributed by atoms with Crippen LogP contribution in [0.3, 0.4) is 0 Å². The van der Waals surface area contributed by atoms with Crippen LogP contribution in [-0.2, 0) is 6.42 Å². The molecule has 0 saturated carbocycles. The Morgan fingerprint density at radius 1 is 1.10 bits per heavy atom. The van der Waals surface area contributed by atoms with E-state index in [-0.39, 0.29) is 16.9 Å². The van der Waals surface area contributed by atoms with Gasteiger partial charge in [0.1, 0.15) is 11.6 Å². The number of halogens is 3. The van der Waals surface area contributed by atoms with E-state index >= 15 is 0 Å². The third-order valence-corrected chi connectivity index (χ3v) is 3.61. The lowest BCUT2D eigenvalue weighted by molar-refractivity contribution is 0.532. The molecular formula is C16H16ClF2N. The summed E-state index contributed by atoms with van der Waals surface area (Å²) >= 11 is 5.66. The third-order valence-electron chi connectivity index (χ3n) is 3.30. The number of hydrogen-bond acceptors (Lipinski definition) is 1. The zero-order valence-corrected chi connectivity index (χ0v) is 12.1. The number of likely N-dealkylation sites (N-methyl/N-ethyl adjacent to an activating group) is 1. The molecule has 0 saturated heterocycles. The van der Waals surface area contributed by atoms with Gasteiger partial charge in [0.05, 0.1) is 5.02 Å². The van der Waals surface area contributed by atoms with Crippen LogP contribution >= 0.6 is 11.6 Å². The fraction of sp³-hybridized carbons (Fsp3) is 0.250. The topological polar surface area (TPSA) is 12.0 Å². The van der Waals surface area contributed by atoms with Crippen LogP contribution in [0.25, 0.3) is 0 Å². The molecular weight excluding hydrogens is 280 g/mol. The van der Waals surface area contributed by atoms with Crippen molar-refractivity contribution >= 4 is 11.6 Å². The van der Waals surface area contributed by atoms with E-state index in [2.05, 4.69) is 5.32 Å². The van der Waals surface area contributed by atoms with E-state index in [9.17, 15) is 8.78 Å². The second-order valence-corrected chi connectivity index (χ2v) is 5.23. The van der Waals surface area contributed by atoms with Gasteiger partial charge in [0.25, 0.3) is 0 Å². The minimum Gasteiger partial charge on any atom is -0.313 e. The molecule has 1 unspecified atom stereocenters. The largest absolute Gasteiger partial charge is 0.313 e. The van der Waals surface area contributed by atoms with Crippen LogP contribution < -0.4 is 5.32 Å². The normalized spacial score (nSPS) is 12.4. The first-order chi connectivity index (χ1) is 9.51. The highest BCUT2D eigenvalue weighted by atomic mass is 35.5. The Hall–Kier alpha value is -1.45. The van der Waals surface area contributed by atoms with Gasteiger partial charge in [0.15, 0.2) is 0 Å². The third kappa shape index (κ3) is 3.35. The molecule has 1 nitrogen and oxygen atoms in total. The van der Waals surface area contributed by atoms with E-state index in [1.165, 1.54) is 18.2 Å². The monoisotopic (exact) mass is 295 g/mol. The first-order valence-corrected chi connectivity index (χ1v) is 6.76. The molecule has 0 aliphatic heterocycles. The molecule has 0 aromatic heterocycles. The smallest absolute Gasteiger partial charge is 0.142 e. The maximum atomic E-state index is 14.0. The molecule has 2 rings (SSSR count). The SMILES string of the molecule is CNC(Cc1ccc(Cl)c(F)c1)c1ccc(C)cc1F. The molecule has 0 aliphatic carbocycles. The lowest BCUT2D eigenvalue weighted by Gasteiger charge is -2.18. The van der Waals surface area contributed by atoms with Crippen LogP contribution in [-0.4, -0.2) is 7.05 Å². The number of hydrogen-bond donors (Lipinski definition) is 1. The summed E-state index contributed by atoms with van der Waals surface area (Å²) in [5.41, 5.74) is 2.22. The highest BCUT2D eigenvalue weighted by Gasteiger charge is 2.15. The molecule has 0 fully saturated rings. The Labute approximate surface area is 122 Å². The maximum absolute atomic E-state index is 14.0. The number of rotatable bonds is 4. The highest BCUT2D eigenvalue weighted by molar-refractivity contribution is 6.30. The van der Waals surface area contributed by atoms with Crippen LogP contribution in [0.2, 0.25) is 5.02 Å². The molecule has 1 atom stereocenters. The standard InChI is InChI=1S/C16H16ClF2N/c1-10-3-5-12(14(18)7-10)16(20-2)9-11-4-6-13(17)15(19)8-11/h3-8,16,20H,9H2,1-2H3. The van der Waals surface area contributed by atoms with Crippen molar-refractivity contribution in [1.82, 2.24) is 5.32 Å². The van der Waals surface area contributed by atoms with Crippen LogP contribution in [0.4, 0.5) is 8.78 Å². The number of benzene rings is 2. The number of aryl methyl sites for hydroxylation is 1. The molecule has 106 valence electrons. The van der Waals surface area contributed by atoms with Gasteiger partial charge >= 0.3 is 0 Å². The Balaban J connectivity index is 2.26. The van der Waals surface area contributed by atoms with Crippen molar-refractivity contribution in [3.8, 4) is 0 Å². The first kappa shape index (κ1) is 14.9. The molecule has 0 heterocycles. The maximum Gasteiger partial charge on any atom is 0.142 e. The van der Waals surface area contributed by atoms with Crippen molar-refractivity contribution in [2.75, 3.05) is 7.05 Å². The van der Waals surface area contributed by atoms with Crippen molar-refractivity contribution in [3.63, 3.8) is 0 Å². The van der Waals surface area contributed by atoms with E-state index in [1.807, 2.05) is 13.0 Å². The van der Waals surface area contributed by atoms with Crippen molar-refractivity contribution in [3.05, 3.63) is 69.7 Å². The molecule has 2 aromatic carbocycles. The zero-order chi connectivity index (χ0) is 14.7. The minimum absolute atomic E-state index is 0.0938. The van der Waals surface area contributed by atoms with Gasteiger partial charge in [-0.3, -0.25) is 0 Å². The predicted octanol–water partition coefficient (Wildman–Crippen LogP) is 4.43. The summed E-state index contributed by atoms with van der Waals surface area (Å²) in [5.74, 6) is -0.706. The van der Waals surface area contributed by atoms with Crippen molar-refractivity contribution in [1.29, 1.82) is 0 Å². The molecule has 1 N–H and O–H groups in total. The van der Waals surface area contributed by atoms with Gasteiger partial charge in [-0.15, -0.1) is 0 Å². The minimum atomic E-state index is -0.455. The molecule has 0 spiro atoms. The summed E-state index contributed by atoms with van der Waals surface area (Å²) in [6.45, 7) is 1.84. The molecule has 0 amide bonds. The summed E-state index contributed by atoms with van der Waals surface area (Å²) in [7, 11) is 1.76. The van der Waals surface area contributed by atoms with Crippen LogP contribution in [0.1, 0.15) is 22.7 Å². The second-order valence-electron chi connectivity index (χ2n) is 4.82. The fourth-order valence-electron chi connectivity index (χ4n) is 2.18. The Morgan fingerprint density at radius 3 is 2.45 bits per heavy atom. The van der Waals surface area contributed by atoms with E-state index in [0.29, 0.717) is 12.0 Å². The molecule has 0 aliphatic rings. The molecule has 20 heavy (non-hydrogen) atoms. The van der Waals surface area contributed by atoms with E-state index in [1.54, 1.807) is 19.2 Å². The van der Waals surface area contributed by atoms with Gasteiger partial charge in [-0.05, 0) is 49.7 Å².